The number of carbonyl (C=O) groups excluding carboxylic acids is 2. The standard InChI is InChI=1S/C44H34Cl2N2O6/c1-3-43(49)53-41-25-17-37(18-26-41)47(33-9-5-31(45)6-10-33)35-13-21-39(22-14-35)51-29-30-52-40-23-15-36(16-24-40)48(34-11-7-32(46)8-12-34)38-19-27-42(28-20-38)54-44(50)4-2/h3-28H,1-2,29-30H2. The molecular formula is C44H34Cl2N2O6. The lowest BCUT2D eigenvalue weighted by Gasteiger charge is -2.26. The Morgan fingerprint density at radius 1 is 0.426 bits per heavy atom. The molecule has 270 valence electrons. The van der Waals surface area contributed by atoms with Crippen LogP contribution < -0.4 is 28.7 Å². The van der Waals surface area contributed by atoms with Crippen LogP contribution in [-0.2, 0) is 9.59 Å². The van der Waals surface area contributed by atoms with E-state index in [2.05, 4.69) is 23.0 Å². The number of benzene rings is 6. The molecule has 0 aromatic heterocycles. The summed E-state index contributed by atoms with van der Waals surface area (Å²) < 4.78 is 22.5. The maximum atomic E-state index is 11.6. The second-order valence-electron chi connectivity index (χ2n) is 11.5. The minimum absolute atomic E-state index is 0.326. The van der Waals surface area contributed by atoms with Gasteiger partial charge in [-0.3, -0.25) is 0 Å². The lowest BCUT2D eigenvalue weighted by Crippen LogP contribution is -2.11. The molecule has 0 atom stereocenters. The summed E-state index contributed by atoms with van der Waals surface area (Å²) in [6.45, 7) is 7.54. The molecule has 10 heteroatoms. The minimum Gasteiger partial charge on any atom is -0.490 e. The molecule has 6 aromatic carbocycles. The van der Waals surface area contributed by atoms with Gasteiger partial charge in [-0.1, -0.05) is 36.4 Å². The van der Waals surface area contributed by atoms with E-state index in [1.165, 1.54) is 0 Å². The highest BCUT2D eigenvalue weighted by molar-refractivity contribution is 6.31. The van der Waals surface area contributed by atoms with E-state index in [-0.39, 0.29) is 0 Å². The van der Waals surface area contributed by atoms with Crippen molar-refractivity contribution in [2.45, 2.75) is 0 Å². The van der Waals surface area contributed by atoms with E-state index < -0.39 is 11.9 Å². The van der Waals surface area contributed by atoms with E-state index >= 15 is 0 Å². The Morgan fingerprint density at radius 2 is 0.667 bits per heavy atom. The van der Waals surface area contributed by atoms with Crippen molar-refractivity contribution in [1.29, 1.82) is 0 Å². The molecule has 0 bridgehead atoms. The second-order valence-corrected chi connectivity index (χ2v) is 12.4. The Bertz CT molecular complexity index is 2030. The van der Waals surface area contributed by atoms with Crippen LogP contribution in [0, 0.1) is 0 Å². The first-order chi connectivity index (χ1) is 26.3. The molecule has 0 aliphatic carbocycles. The molecule has 8 nitrogen and oxygen atoms in total. The molecular weight excluding hydrogens is 723 g/mol. The highest BCUT2D eigenvalue weighted by atomic mass is 35.5. The SMILES string of the molecule is C=CC(=O)Oc1ccc(N(c2ccc(Cl)cc2)c2ccc(OCCOc3ccc(N(c4ccc(Cl)cc4)c4ccc(OC(=O)C=C)cc4)cc3)cc2)cc1. The van der Waals surface area contributed by atoms with Gasteiger partial charge in [-0.2, -0.15) is 0 Å². The summed E-state index contributed by atoms with van der Waals surface area (Å²) in [5, 5.41) is 1.26. The number of ether oxygens (including phenoxy) is 4. The van der Waals surface area contributed by atoms with Crippen molar-refractivity contribution in [2.24, 2.45) is 0 Å². The summed E-state index contributed by atoms with van der Waals surface area (Å²) in [5.41, 5.74) is 5.26. The topological polar surface area (TPSA) is 77.5 Å². The van der Waals surface area contributed by atoms with Gasteiger partial charge >= 0.3 is 11.9 Å². The van der Waals surface area contributed by atoms with Gasteiger partial charge in [-0.05, 0) is 146 Å². The largest absolute Gasteiger partial charge is 0.490 e. The molecule has 0 saturated carbocycles. The molecule has 0 N–H and O–H groups in total. The van der Waals surface area contributed by atoms with Crippen LogP contribution in [0.15, 0.2) is 171 Å². The maximum Gasteiger partial charge on any atom is 0.335 e. The van der Waals surface area contributed by atoms with Crippen LogP contribution in [0.4, 0.5) is 34.1 Å². The molecule has 0 heterocycles. The molecule has 0 fully saturated rings. The van der Waals surface area contributed by atoms with Gasteiger partial charge in [-0.25, -0.2) is 9.59 Å². The van der Waals surface area contributed by atoms with E-state index in [1.807, 2.05) is 121 Å². The third-order valence-electron chi connectivity index (χ3n) is 7.94. The summed E-state index contributed by atoms with van der Waals surface area (Å²) in [6.07, 6.45) is 2.24. The number of rotatable bonds is 15. The number of halogens is 2. The summed E-state index contributed by atoms with van der Waals surface area (Å²) in [7, 11) is 0. The second kappa shape index (κ2) is 17.8. The van der Waals surface area contributed by atoms with Crippen LogP contribution >= 0.6 is 23.2 Å². The molecule has 0 saturated heterocycles. The fourth-order valence-electron chi connectivity index (χ4n) is 5.42. The molecule has 6 rings (SSSR count). The number of nitrogens with zero attached hydrogens (tertiary/aromatic N) is 2. The zero-order valence-electron chi connectivity index (χ0n) is 28.9. The van der Waals surface area contributed by atoms with E-state index in [4.69, 9.17) is 42.1 Å². The molecule has 0 spiro atoms. The van der Waals surface area contributed by atoms with Gasteiger partial charge in [0.25, 0.3) is 0 Å². The molecule has 0 radical (unpaired) electrons. The summed E-state index contributed by atoms with van der Waals surface area (Å²) in [6, 6.07) is 44.9. The Hall–Kier alpha value is -6.48. The number of carbonyl (C=O) groups is 2. The maximum absolute atomic E-state index is 11.6. The Labute approximate surface area is 323 Å². The predicted molar refractivity (Wildman–Crippen MR) is 215 cm³/mol. The van der Waals surface area contributed by atoms with Gasteiger partial charge in [0.05, 0.1) is 0 Å². The third kappa shape index (κ3) is 9.68. The molecule has 6 aromatic rings. The van der Waals surface area contributed by atoms with E-state index in [1.54, 1.807) is 24.3 Å². The molecule has 0 aliphatic rings. The van der Waals surface area contributed by atoms with Crippen LogP contribution in [0.5, 0.6) is 23.0 Å². The summed E-state index contributed by atoms with van der Waals surface area (Å²) >= 11 is 12.4. The number of anilines is 6. The predicted octanol–water partition coefficient (Wildman–Crippen LogP) is 11.6. The van der Waals surface area contributed by atoms with Gasteiger partial charge in [0.1, 0.15) is 36.2 Å². The first-order valence-corrected chi connectivity index (χ1v) is 17.5. The Morgan fingerprint density at radius 3 is 0.926 bits per heavy atom. The zero-order chi connectivity index (χ0) is 37.9. The highest BCUT2D eigenvalue weighted by Crippen LogP contribution is 2.38. The quantitative estimate of drug-likeness (QED) is 0.0443. The van der Waals surface area contributed by atoms with Crippen molar-refractivity contribution in [3.8, 4) is 23.0 Å². The van der Waals surface area contributed by atoms with Gasteiger partial charge in [0, 0.05) is 56.3 Å². The van der Waals surface area contributed by atoms with Crippen LogP contribution in [-0.4, -0.2) is 25.2 Å². The van der Waals surface area contributed by atoms with Gasteiger partial charge in [0.15, 0.2) is 0 Å². The summed E-state index contributed by atoms with van der Waals surface area (Å²) in [4.78, 5) is 27.4. The van der Waals surface area contributed by atoms with Crippen molar-refractivity contribution >= 4 is 69.3 Å². The van der Waals surface area contributed by atoms with E-state index in [9.17, 15) is 9.59 Å². The normalized spacial score (nSPS) is 10.5. The fourth-order valence-corrected chi connectivity index (χ4v) is 5.67. The first kappa shape index (κ1) is 37.3. The third-order valence-corrected chi connectivity index (χ3v) is 8.44. The number of esters is 2. The van der Waals surface area contributed by atoms with Crippen molar-refractivity contribution in [3.63, 3.8) is 0 Å². The fraction of sp³-hybridized carbons (Fsp3) is 0.0455. The van der Waals surface area contributed by atoms with Crippen molar-refractivity contribution in [2.75, 3.05) is 23.0 Å². The molecule has 0 unspecified atom stereocenters. The molecule has 0 amide bonds. The number of hydrogen-bond donors (Lipinski definition) is 0. The van der Waals surface area contributed by atoms with Gasteiger partial charge in [0.2, 0.25) is 0 Å². The van der Waals surface area contributed by atoms with Crippen LogP contribution in [0.3, 0.4) is 0 Å². The van der Waals surface area contributed by atoms with Crippen molar-refractivity contribution < 1.29 is 28.5 Å². The van der Waals surface area contributed by atoms with Crippen molar-refractivity contribution in [3.05, 3.63) is 181 Å². The van der Waals surface area contributed by atoms with Crippen LogP contribution in [0.2, 0.25) is 10.0 Å². The molecule has 0 aliphatic heterocycles. The first-order valence-electron chi connectivity index (χ1n) is 16.8. The monoisotopic (exact) mass is 756 g/mol. The summed E-state index contributed by atoms with van der Waals surface area (Å²) in [5.74, 6) is 1.15. The smallest absolute Gasteiger partial charge is 0.335 e. The van der Waals surface area contributed by atoms with Crippen LogP contribution in [0.1, 0.15) is 0 Å². The lowest BCUT2D eigenvalue weighted by molar-refractivity contribution is -0.129. The Balaban J connectivity index is 1.09. The van der Waals surface area contributed by atoms with Crippen molar-refractivity contribution in [1.82, 2.24) is 0 Å². The highest BCUT2D eigenvalue weighted by Gasteiger charge is 2.15. The van der Waals surface area contributed by atoms with Gasteiger partial charge in [-0.15, -0.1) is 0 Å². The Kier molecular flexibility index (Phi) is 12.3. The average Bonchev–Trinajstić information content (AvgIpc) is 3.20. The lowest BCUT2D eigenvalue weighted by atomic mass is 10.2. The average molecular weight is 758 g/mol. The molecule has 54 heavy (non-hydrogen) atoms. The number of hydrogen-bond acceptors (Lipinski definition) is 8. The van der Waals surface area contributed by atoms with E-state index in [0.29, 0.717) is 46.3 Å². The van der Waals surface area contributed by atoms with E-state index in [0.717, 1.165) is 46.3 Å². The minimum atomic E-state index is -0.524. The van der Waals surface area contributed by atoms with Gasteiger partial charge < -0.3 is 28.7 Å². The zero-order valence-corrected chi connectivity index (χ0v) is 30.5. The van der Waals surface area contributed by atoms with Crippen LogP contribution in [0.25, 0.3) is 0 Å².